The van der Waals surface area contributed by atoms with Crippen LogP contribution in [0.3, 0.4) is 0 Å². The number of amidine groups is 1. The minimum absolute atomic E-state index is 0.0260. The molecule has 2 unspecified atom stereocenters. The maximum Gasteiger partial charge on any atom is 0.406 e. The number of likely N-dealkylation sites (tertiary alicyclic amines) is 1. The van der Waals surface area contributed by atoms with Gasteiger partial charge in [0.1, 0.15) is 12.7 Å². The number of benzene rings is 1. The van der Waals surface area contributed by atoms with Crippen molar-refractivity contribution in [1.82, 2.24) is 14.8 Å². The molecule has 1 fully saturated rings. The summed E-state index contributed by atoms with van der Waals surface area (Å²) in [5, 5.41) is 7.12. The second kappa shape index (κ2) is 11.1. The van der Waals surface area contributed by atoms with Crippen LogP contribution in [0.15, 0.2) is 63.3 Å². The summed E-state index contributed by atoms with van der Waals surface area (Å²) in [7, 11) is 1.87. The lowest BCUT2D eigenvalue weighted by Gasteiger charge is -2.33. The Balaban J connectivity index is 1.35. The number of fused-ring (bicyclic) bond motifs is 1. The van der Waals surface area contributed by atoms with Crippen LogP contribution in [0.1, 0.15) is 39.3 Å². The number of aromatic nitrogens is 1. The molecule has 3 aliphatic heterocycles. The van der Waals surface area contributed by atoms with Gasteiger partial charge < -0.3 is 20.1 Å². The van der Waals surface area contributed by atoms with Crippen molar-refractivity contribution >= 4 is 33.8 Å². The number of nitrogens with zero attached hydrogens (tertiary/aromatic N) is 5. The summed E-state index contributed by atoms with van der Waals surface area (Å²) in [6.45, 7) is 11.0. The average molecular weight is 572 g/mol. The molecule has 0 bridgehead atoms. The average Bonchev–Trinajstić information content (AvgIpc) is 3.63. The molecule has 1 saturated heterocycles. The Morgan fingerprint density at radius 2 is 1.98 bits per heavy atom. The fourth-order valence-corrected chi connectivity index (χ4v) is 5.38. The predicted molar refractivity (Wildman–Crippen MR) is 158 cm³/mol. The molecule has 0 radical (unpaired) electrons. The van der Waals surface area contributed by atoms with E-state index in [1.165, 1.54) is 4.57 Å². The number of piperidine rings is 1. The van der Waals surface area contributed by atoms with E-state index >= 15 is 0 Å². The van der Waals surface area contributed by atoms with E-state index in [-0.39, 0.29) is 23.5 Å². The van der Waals surface area contributed by atoms with Crippen LogP contribution in [0.25, 0.3) is 10.9 Å². The quantitative estimate of drug-likeness (QED) is 0.398. The molecule has 11 heteroatoms. The van der Waals surface area contributed by atoms with E-state index in [2.05, 4.69) is 53.0 Å². The molecular weight excluding hydrogens is 534 g/mol. The van der Waals surface area contributed by atoms with E-state index in [0.29, 0.717) is 41.8 Å². The molecule has 0 amide bonds. The minimum atomic E-state index is -4.45. The van der Waals surface area contributed by atoms with E-state index < -0.39 is 24.9 Å². The number of rotatable bonds is 8. The van der Waals surface area contributed by atoms with Gasteiger partial charge in [0.15, 0.2) is 5.84 Å². The summed E-state index contributed by atoms with van der Waals surface area (Å²) in [6, 6.07) is 6.38. The standard InChI is InChI=1S/C30H37F4N7/c1-18(19-11-27(36-13-19)29(2,3)4)35-14-20-15-37-28(38-20)26-12-21-23(39-24-9-10-40(5)16-22(24)31)7-6-8-25(21)41(26)17-30(32,33)34/h6-8,12-13,22,24,35,39H,1,9-11,14-17H2,2-5H3. The zero-order chi connectivity index (χ0) is 29.5. The monoisotopic (exact) mass is 571 g/mol. The molecule has 2 N–H and O–H groups in total. The van der Waals surface area contributed by atoms with Crippen LogP contribution in [-0.2, 0) is 6.54 Å². The molecule has 0 saturated carbocycles. The SMILES string of the molecule is C=C(NCC1=NC(c2cc3c(NC4CCN(C)CC4F)cccc3n2CC(F)(F)F)=NC1)C1=CN=C(C(C)(C)C)C1. The molecule has 5 rings (SSSR count). The minimum Gasteiger partial charge on any atom is -0.380 e. The smallest absolute Gasteiger partial charge is 0.380 e. The number of anilines is 1. The fraction of sp³-hybridized carbons (Fsp3) is 0.500. The highest BCUT2D eigenvalue weighted by Gasteiger charge is 2.33. The van der Waals surface area contributed by atoms with Gasteiger partial charge in [-0.1, -0.05) is 33.4 Å². The molecular formula is C30H37F4N7. The second-order valence-corrected chi connectivity index (χ2v) is 12.1. The number of aliphatic imine (C=N–C) groups is 3. The van der Waals surface area contributed by atoms with Gasteiger partial charge in [0.05, 0.1) is 36.1 Å². The lowest BCUT2D eigenvalue weighted by Crippen LogP contribution is -2.46. The Kier molecular flexibility index (Phi) is 7.84. The summed E-state index contributed by atoms with van der Waals surface area (Å²) in [6.07, 6.45) is -2.38. The van der Waals surface area contributed by atoms with E-state index in [9.17, 15) is 17.6 Å². The van der Waals surface area contributed by atoms with Crippen LogP contribution in [0.2, 0.25) is 0 Å². The second-order valence-electron chi connectivity index (χ2n) is 12.1. The van der Waals surface area contributed by atoms with Gasteiger partial charge in [0, 0.05) is 53.6 Å². The van der Waals surface area contributed by atoms with Gasteiger partial charge in [0.25, 0.3) is 0 Å². The van der Waals surface area contributed by atoms with Gasteiger partial charge in [-0.3, -0.25) is 9.98 Å². The van der Waals surface area contributed by atoms with Crippen molar-refractivity contribution in [3.8, 4) is 0 Å². The number of allylic oxidation sites excluding steroid dienone is 1. The molecule has 7 nitrogen and oxygen atoms in total. The van der Waals surface area contributed by atoms with Gasteiger partial charge >= 0.3 is 6.18 Å². The Labute approximate surface area is 237 Å². The lowest BCUT2D eigenvalue weighted by atomic mass is 9.87. The number of hydrogen-bond acceptors (Lipinski definition) is 6. The Morgan fingerprint density at radius 3 is 2.66 bits per heavy atom. The van der Waals surface area contributed by atoms with Crippen LogP contribution in [0.5, 0.6) is 0 Å². The van der Waals surface area contributed by atoms with Crippen molar-refractivity contribution in [3.05, 3.63) is 54.0 Å². The van der Waals surface area contributed by atoms with Crippen LogP contribution in [-0.4, -0.2) is 78.3 Å². The number of hydrogen-bond donors (Lipinski definition) is 2. The van der Waals surface area contributed by atoms with E-state index in [1.807, 2.05) is 18.1 Å². The summed E-state index contributed by atoms with van der Waals surface area (Å²) < 4.78 is 57.1. The van der Waals surface area contributed by atoms with Crippen LogP contribution >= 0.6 is 0 Å². The van der Waals surface area contributed by atoms with Gasteiger partial charge in [-0.25, -0.2) is 9.38 Å². The molecule has 4 heterocycles. The maximum atomic E-state index is 14.8. The Morgan fingerprint density at radius 1 is 1.20 bits per heavy atom. The molecule has 41 heavy (non-hydrogen) atoms. The molecule has 2 atom stereocenters. The van der Waals surface area contributed by atoms with Crippen molar-refractivity contribution in [3.63, 3.8) is 0 Å². The number of halogens is 4. The third kappa shape index (κ3) is 6.55. The first-order chi connectivity index (χ1) is 19.3. The van der Waals surface area contributed by atoms with E-state index in [0.717, 1.165) is 29.9 Å². The van der Waals surface area contributed by atoms with Gasteiger partial charge in [-0.05, 0) is 37.2 Å². The molecule has 2 aromatic rings. The van der Waals surface area contributed by atoms with Crippen molar-refractivity contribution in [2.75, 3.05) is 38.5 Å². The Hall–Kier alpha value is -3.47. The third-order valence-corrected chi connectivity index (χ3v) is 7.77. The van der Waals surface area contributed by atoms with Crippen molar-refractivity contribution < 1.29 is 17.6 Å². The van der Waals surface area contributed by atoms with Gasteiger partial charge in [-0.15, -0.1) is 0 Å². The summed E-state index contributed by atoms with van der Waals surface area (Å²) in [5.74, 6) is 0.250. The lowest BCUT2D eigenvalue weighted by molar-refractivity contribution is -0.139. The summed E-state index contributed by atoms with van der Waals surface area (Å²) >= 11 is 0. The molecule has 1 aromatic heterocycles. The summed E-state index contributed by atoms with van der Waals surface area (Å²) in [5.41, 5.74) is 4.78. The molecule has 0 aliphatic carbocycles. The van der Waals surface area contributed by atoms with Crippen molar-refractivity contribution in [2.24, 2.45) is 20.4 Å². The zero-order valence-electron chi connectivity index (χ0n) is 23.9. The fourth-order valence-electron chi connectivity index (χ4n) is 5.38. The normalized spacial score (nSPS) is 22.0. The van der Waals surface area contributed by atoms with E-state index in [1.54, 1.807) is 24.3 Å². The van der Waals surface area contributed by atoms with Crippen molar-refractivity contribution in [2.45, 2.75) is 58.5 Å². The number of nitrogens with one attached hydrogen (secondary N) is 2. The van der Waals surface area contributed by atoms with Gasteiger partial charge in [0.2, 0.25) is 0 Å². The van der Waals surface area contributed by atoms with Crippen molar-refractivity contribution in [1.29, 1.82) is 0 Å². The third-order valence-electron chi connectivity index (χ3n) is 7.77. The highest BCUT2D eigenvalue weighted by atomic mass is 19.4. The molecule has 0 spiro atoms. The first-order valence-corrected chi connectivity index (χ1v) is 13.9. The molecule has 220 valence electrons. The topological polar surface area (TPSA) is 69.3 Å². The summed E-state index contributed by atoms with van der Waals surface area (Å²) in [4.78, 5) is 15.6. The number of alkyl halides is 4. The zero-order valence-corrected chi connectivity index (χ0v) is 23.9. The highest BCUT2D eigenvalue weighted by molar-refractivity contribution is 6.14. The first kappa shape index (κ1) is 29.0. The molecule has 1 aromatic carbocycles. The first-order valence-electron chi connectivity index (χ1n) is 13.9. The molecule has 3 aliphatic rings. The highest BCUT2D eigenvalue weighted by Crippen LogP contribution is 2.33. The van der Waals surface area contributed by atoms with E-state index in [4.69, 9.17) is 0 Å². The maximum absolute atomic E-state index is 14.8. The predicted octanol–water partition coefficient (Wildman–Crippen LogP) is 5.74. The van der Waals surface area contributed by atoms with Gasteiger partial charge in [-0.2, -0.15) is 13.2 Å². The van der Waals surface area contributed by atoms with Crippen LogP contribution < -0.4 is 10.6 Å². The van der Waals surface area contributed by atoms with Crippen LogP contribution in [0, 0.1) is 5.41 Å². The largest absolute Gasteiger partial charge is 0.406 e. The Bertz CT molecular complexity index is 1460. The van der Waals surface area contributed by atoms with Crippen LogP contribution in [0.4, 0.5) is 23.2 Å².